The third-order valence-electron chi connectivity index (χ3n) is 2.40. The number of carbonyl (C=O) groups is 1. The van der Waals surface area contributed by atoms with Crippen LogP contribution in [0.1, 0.15) is 15.9 Å². The van der Waals surface area contributed by atoms with Crippen molar-refractivity contribution in [2.75, 3.05) is 0 Å². The smallest absolute Gasteiger partial charge is 0.416 e. The lowest BCUT2D eigenvalue weighted by Crippen LogP contribution is -2.17. The van der Waals surface area contributed by atoms with E-state index in [2.05, 4.69) is 4.98 Å². The van der Waals surface area contributed by atoms with Gasteiger partial charge >= 0.3 is 12.1 Å². The summed E-state index contributed by atoms with van der Waals surface area (Å²) in [5.74, 6) is -1.43. The molecule has 18 heavy (non-hydrogen) atoms. The van der Waals surface area contributed by atoms with Gasteiger partial charge in [0.25, 0.3) is 5.56 Å². The molecule has 0 fully saturated rings. The Bertz CT molecular complexity index is 688. The van der Waals surface area contributed by atoms with Crippen molar-refractivity contribution in [3.05, 3.63) is 45.7 Å². The fourth-order valence-electron chi connectivity index (χ4n) is 1.54. The van der Waals surface area contributed by atoms with Crippen LogP contribution >= 0.6 is 0 Å². The summed E-state index contributed by atoms with van der Waals surface area (Å²) in [4.78, 5) is 24.1. The molecule has 1 heterocycles. The van der Waals surface area contributed by atoms with Crippen LogP contribution in [0.3, 0.4) is 0 Å². The first kappa shape index (κ1) is 12.2. The molecule has 0 spiro atoms. The predicted octanol–water partition coefficient (Wildman–Crippen LogP) is 2.25. The maximum Gasteiger partial charge on any atom is 0.416 e. The average molecular weight is 257 g/mol. The van der Waals surface area contributed by atoms with Gasteiger partial charge < -0.3 is 10.1 Å². The van der Waals surface area contributed by atoms with Crippen LogP contribution in [0, 0.1) is 0 Å². The molecule has 94 valence electrons. The highest BCUT2D eigenvalue weighted by Gasteiger charge is 2.30. The molecule has 0 amide bonds. The quantitative estimate of drug-likeness (QED) is 0.823. The van der Waals surface area contributed by atoms with Gasteiger partial charge in [0, 0.05) is 5.52 Å². The molecule has 0 aliphatic heterocycles. The van der Waals surface area contributed by atoms with E-state index < -0.39 is 28.8 Å². The number of aromatic nitrogens is 1. The van der Waals surface area contributed by atoms with E-state index in [4.69, 9.17) is 5.11 Å². The van der Waals surface area contributed by atoms with Gasteiger partial charge in [0.2, 0.25) is 0 Å². The Hall–Kier alpha value is -2.31. The molecular formula is C11H6F3NO3. The van der Waals surface area contributed by atoms with Crippen molar-refractivity contribution in [1.82, 2.24) is 4.98 Å². The second-order valence-corrected chi connectivity index (χ2v) is 3.62. The number of aromatic carboxylic acids is 1. The molecular weight excluding hydrogens is 251 g/mol. The lowest BCUT2D eigenvalue weighted by molar-refractivity contribution is -0.137. The lowest BCUT2D eigenvalue weighted by Gasteiger charge is -2.07. The first-order chi connectivity index (χ1) is 8.29. The third kappa shape index (κ3) is 2.06. The van der Waals surface area contributed by atoms with Crippen molar-refractivity contribution in [3.8, 4) is 0 Å². The topological polar surface area (TPSA) is 70.2 Å². The minimum atomic E-state index is -4.52. The Morgan fingerprint density at radius 3 is 2.44 bits per heavy atom. The molecule has 1 aromatic carbocycles. The van der Waals surface area contributed by atoms with E-state index in [0.717, 1.165) is 24.3 Å². The molecule has 2 aromatic rings. The largest absolute Gasteiger partial charge is 0.477 e. The van der Waals surface area contributed by atoms with Gasteiger partial charge in [0.1, 0.15) is 5.56 Å². The van der Waals surface area contributed by atoms with Crippen molar-refractivity contribution < 1.29 is 23.1 Å². The second-order valence-electron chi connectivity index (χ2n) is 3.62. The number of hydrogen-bond donors (Lipinski definition) is 2. The van der Waals surface area contributed by atoms with E-state index in [0.29, 0.717) is 0 Å². The molecule has 0 aliphatic rings. The van der Waals surface area contributed by atoms with E-state index in [1.54, 1.807) is 0 Å². The van der Waals surface area contributed by atoms with Gasteiger partial charge in [-0.15, -0.1) is 0 Å². The summed E-state index contributed by atoms with van der Waals surface area (Å²) in [6.45, 7) is 0. The molecule has 4 nitrogen and oxygen atoms in total. The molecule has 0 saturated heterocycles. The summed E-state index contributed by atoms with van der Waals surface area (Å²) in [7, 11) is 0. The highest BCUT2D eigenvalue weighted by Crippen LogP contribution is 2.30. The highest BCUT2D eigenvalue weighted by molar-refractivity contribution is 5.92. The van der Waals surface area contributed by atoms with Gasteiger partial charge in [-0.2, -0.15) is 13.2 Å². The predicted molar refractivity (Wildman–Crippen MR) is 56.5 cm³/mol. The van der Waals surface area contributed by atoms with Crippen LogP contribution in [-0.2, 0) is 6.18 Å². The van der Waals surface area contributed by atoms with E-state index in [9.17, 15) is 22.8 Å². The van der Waals surface area contributed by atoms with Crippen molar-refractivity contribution in [1.29, 1.82) is 0 Å². The number of alkyl halides is 3. The first-order valence-electron chi connectivity index (χ1n) is 4.76. The van der Waals surface area contributed by atoms with Crippen molar-refractivity contribution in [2.45, 2.75) is 6.18 Å². The number of rotatable bonds is 1. The zero-order valence-corrected chi connectivity index (χ0v) is 8.71. The first-order valence-corrected chi connectivity index (χ1v) is 4.76. The molecule has 1 aromatic heterocycles. The van der Waals surface area contributed by atoms with Gasteiger partial charge in [-0.05, 0) is 23.6 Å². The number of H-pyrrole nitrogens is 1. The van der Waals surface area contributed by atoms with Crippen LogP contribution in [0.2, 0.25) is 0 Å². The molecule has 0 bridgehead atoms. The van der Waals surface area contributed by atoms with E-state index in [1.807, 2.05) is 0 Å². The average Bonchev–Trinajstić information content (AvgIpc) is 2.25. The lowest BCUT2D eigenvalue weighted by atomic mass is 10.1. The van der Waals surface area contributed by atoms with Crippen molar-refractivity contribution >= 4 is 16.9 Å². The van der Waals surface area contributed by atoms with Crippen LogP contribution in [-0.4, -0.2) is 16.1 Å². The van der Waals surface area contributed by atoms with Crippen LogP contribution in [0.5, 0.6) is 0 Å². The number of fused-ring (bicyclic) bond motifs is 1. The normalized spacial score (nSPS) is 11.7. The van der Waals surface area contributed by atoms with E-state index in [1.165, 1.54) is 0 Å². The summed E-state index contributed by atoms with van der Waals surface area (Å²) in [6, 6.07) is 3.74. The van der Waals surface area contributed by atoms with Crippen LogP contribution in [0.4, 0.5) is 13.2 Å². The summed E-state index contributed by atoms with van der Waals surface area (Å²) in [6.07, 6.45) is -4.52. The van der Waals surface area contributed by atoms with Crippen LogP contribution in [0.15, 0.2) is 29.1 Å². The number of carboxylic acid groups (broad SMARTS) is 1. The van der Waals surface area contributed by atoms with Crippen LogP contribution in [0.25, 0.3) is 10.9 Å². The number of aromatic amines is 1. The molecule has 0 aliphatic carbocycles. The maximum atomic E-state index is 12.4. The molecule has 2 rings (SSSR count). The number of nitrogens with one attached hydrogen (secondary N) is 1. The fourth-order valence-corrected chi connectivity index (χ4v) is 1.54. The van der Waals surface area contributed by atoms with Gasteiger partial charge in [-0.25, -0.2) is 4.79 Å². The molecule has 7 heteroatoms. The Balaban J connectivity index is 2.71. The van der Waals surface area contributed by atoms with E-state index >= 15 is 0 Å². The number of pyridine rings is 1. The summed E-state index contributed by atoms with van der Waals surface area (Å²) in [5, 5.41) is 8.93. The van der Waals surface area contributed by atoms with Crippen molar-refractivity contribution in [3.63, 3.8) is 0 Å². The summed E-state index contributed by atoms with van der Waals surface area (Å²) in [5.41, 5.74) is -2.41. The van der Waals surface area contributed by atoms with Gasteiger partial charge in [-0.3, -0.25) is 4.79 Å². The second kappa shape index (κ2) is 3.86. The SMILES string of the molecule is O=C(O)c1cc2ccc(C(F)(F)F)cc2[nH]c1=O. The Kier molecular flexibility index (Phi) is 2.61. The maximum absolute atomic E-state index is 12.4. The summed E-state index contributed by atoms with van der Waals surface area (Å²) >= 11 is 0. The number of halogens is 3. The zero-order chi connectivity index (χ0) is 13.5. The number of hydrogen-bond acceptors (Lipinski definition) is 2. The monoisotopic (exact) mass is 257 g/mol. The molecule has 0 radical (unpaired) electrons. The Morgan fingerprint density at radius 1 is 1.22 bits per heavy atom. The van der Waals surface area contributed by atoms with Crippen LogP contribution < -0.4 is 5.56 Å². The standard InChI is InChI=1S/C11H6F3NO3/c12-11(13,14)6-2-1-5-3-7(10(17)18)9(16)15-8(5)4-6/h1-4H,(H,15,16)(H,17,18). The molecule has 0 saturated carbocycles. The van der Waals surface area contributed by atoms with Gasteiger partial charge in [0.05, 0.1) is 5.56 Å². The van der Waals surface area contributed by atoms with E-state index in [-0.39, 0.29) is 10.9 Å². The Labute approximate surface area is 97.7 Å². The number of carboxylic acids is 1. The minimum absolute atomic E-state index is 0.0557. The van der Waals surface area contributed by atoms with Gasteiger partial charge in [-0.1, -0.05) is 6.07 Å². The summed E-state index contributed by atoms with van der Waals surface area (Å²) < 4.78 is 37.3. The molecule has 0 atom stereocenters. The van der Waals surface area contributed by atoms with Gasteiger partial charge in [0.15, 0.2) is 0 Å². The number of benzene rings is 1. The highest BCUT2D eigenvalue weighted by atomic mass is 19.4. The molecule has 2 N–H and O–H groups in total. The third-order valence-corrected chi connectivity index (χ3v) is 2.40. The van der Waals surface area contributed by atoms with Crippen molar-refractivity contribution in [2.24, 2.45) is 0 Å². The minimum Gasteiger partial charge on any atom is -0.477 e. The Morgan fingerprint density at radius 2 is 1.89 bits per heavy atom. The zero-order valence-electron chi connectivity index (χ0n) is 8.71. The fraction of sp³-hybridized carbons (Fsp3) is 0.0909. The molecule has 0 unspecified atom stereocenters.